The second-order valence-corrected chi connectivity index (χ2v) is 12.5. The van der Waals surface area contributed by atoms with Gasteiger partial charge in [0.1, 0.15) is 5.03 Å². The van der Waals surface area contributed by atoms with E-state index in [-0.39, 0.29) is 10.6 Å². The Labute approximate surface area is 223 Å². The summed E-state index contributed by atoms with van der Waals surface area (Å²) in [6, 6.07) is 11.1. The van der Waals surface area contributed by atoms with Crippen molar-refractivity contribution in [1.29, 1.82) is 0 Å². The summed E-state index contributed by atoms with van der Waals surface area (Å²) in [4.78, 5) is 12.4. The van der Waals surface area contributed by atoms with Crippen molar-refractivity contribution in [3.05, 3.63) is 68.6 Å². The highest BCUT2D eigenvalue weighted by Gasteiger charge is 2.71. The van der Waals surface area contributed by atoms with E-state index in [2.05, 4.69) is 10.0 Å². The molecule has 2 N–H and O–H groups in total. The highest BCUT2D eigenvalue weighted by molar-refractivity contribution is 7.89. The van der Waals surface area contributed by atoms with Crippen LogP contribution in [0.5, 0.6) is 0 Å². The number of carbonyl (C=O) groups excluding carboxylic acids is 1. The van der Waals surface area contributed by atoms with Crippen LogP contribution in [0.2, 0.25) is 10.0 Å². The molecule has 0 spiro atoms. The van der Waals surface area contributed by atoms with Gasteiger partial charge in [-0.15, -0.1) is 0 Å². The number of alkyl halides is 4. The van der Waals surface area contributed by atoms with Gasteiger partial charge in [0.05, 0.1) is 9.93 Å². The predicted octanol–water partition coefficient (Wildman–Crippen LogP) is 6.70. The molecule has 3 rings (SSSR count). The Morgan fingerprint density at radius 1 is 0.750 bits per heavy atom. The monoisotopic (exact) mass is 614 g/mol. The zero-order chi connectivity index (χ0) is 24.1. The quantitative estimate of drug-likeness (QED) is 0.289. The highest BCUT2D eigenvalue weighted by atomic mass is 35.5. The number of Topliss-reactive ketones (excluding diaryl/α,β-unsaturated/α-hetero) is 1. The van der Waals surface area contributed by atoms with E-state index in [0.29, 0.717) is 10.0 Å². The van der Waals surface area contributed by atoms with E-state index in [9.17, 15) is 13.2 Å². The normalized spacial score (nSPS) is 22.7. The molecule has 0 fully saturated rings. The summed E-state index contributed by atoms with van der Waals surface area (Å²) in [5, 5.41) is 2.20. The predicted molar refractivity (Wildman–Crippen MR) is 132 cm³/mol. The fourth-order valence-electron chi connectivity index (χ4n) is 2.81. The Bertz CT molecular complexity index is 1200. The van der Waals surface area contributed by atoms with Crippen LogP contribution in [-0.4, -0.2) is 28.5 Å². The van der Waals surface area contributed by atoms with E-state index in [4.69, 9.17) is 92.8 Å². The molecule has 0 amide bonds. The number of nitrogens with one attached hydrogen (secondary N) is 2. The third kappa shape index (κ3) is 4.44. The molecule has 2 aromatic carbocycles. The number of sulfonamides is 1. The van der Waals surface area contributed by atoms with E-state index in [1.807, 2.05) is 0 Å². The van der Waals surface area contributed by atoms with Crippen LogP contribution in [0, 0.1) is 0 Å². The second-order valence-electron chi connectivity index (χ2n) is 6.55. The number of rotatable bonds is 5. The fraction of sp³-hybridized carbons (Fsp3) is 0.167. The van der Waals surface area contributed by atoms with Gasteiger partial charge < -0.3 is 5.32 Å². The standard InChI is InChI=1S/C18H10Cl8N2O3S/c19-9-1-5-11(6-2-9)27-17(28-32(30,31)12-7-3-10(20)4-8-12)14(22)13(21)15(29)16(23,24)18(17,25)26/h1-8,27-28H/t17-/m0/s1. The van der Waals surface area contributed by atoms with E-state index in [1.54, 1.807) is 0 Å². The van der Waals surface area contributed by atoms with Crippen LogP contribution in [0.1, 0.15) is 0 Å². The molecule has 1 aliphatic carbocycles. The van der Waals surface area contributed by atoms with Crippen molar-refractivity contribution < 1.29 is 13.2 Å². The number of ketones is 1. The van der Waals surface area contributed by atoms with Gasteiger partial charge in [0, 0.05) is 15.7 Å². The van der Waals surface area contributed by atoms with Crippen molar-refractivity contribution in [2.24, 2.45) is 0 Å². The number of halogens is 8. The van der Waals surface area contributed by atoms with Gasteiger partial charge in [0.15, 0.2) is 5.66 Å². The van der Waals surface area contributed by atoms with Gasteiger partial charge in [0.2, 0.25) is 24.5 Å². The molecule has 1 aliphatic rings. The smallest absolute Gasteiger partial charge is 0.242 e. The minimum atomic E-state index is -4.43. The minimum Gasteiger partial charge on any atom is -0.359 e. The molecule has 14 heteroatoms. The van der Waals surface area contributed by atoms with Crippen molar-refractivity contribution >= 4 is 114 Å². The molecule has 0 heterocycles. The van der Waals surface area contributed by atoms with E-state index < -0.39 is 40.2 Å². The molecule has 2 aromatic rings. The molecular weight excluding hydrogens is 608 g/mol. The molecule has 5 nitrogen and oxygen atoms in total. The largest absolute Gasteiger partial charge is 0.359 e. The number of benzene rings is 2. The van der Waals surface area contributed by atoms with Crippen LogP contribution >= 0.6 is 92.8 Å². The van der Waals surface area contributed by atoms with Crippen LogP contribution in [0.3, 0.4) is 0 Å². The lowest BCUT2D eigenvalue weighted by atomic mass is 9.92. The number of hydrogen-bond acceptors (Lipinski definition) is 4. The second kappa shape index (κ2) is 9.15. The summed E-state index contributed by atoms with van der Waals surface area (Å²) in [5.74, 6) is -1.11. The fourth-order valence-corrected chi connectivity index (χ4v) is 6.37. The topological polar surface area (TPSA) is 75.3 Å². The average Bonchev–Trinajstić information content (AvgIpc) is 2.72. The first-order valence-electron chi connectivity index (χ1n) is 8.35. The van der Waals surface area contributed by atoms with Crippen LogP contribution in [0.4, 0.5) is 5.69 Å². The molecule has 0 radical (unpaired) electrons. The first-order chi connectivity index (χ1) is 14.7. The number of carbonyl (C=O) groups is 1. The summed E-state index contributed by atoms with van der Waals surface area (Å²) in [6.07, 6.45) is 0. The minimum absolute atomic E-state index is 0.226. The summed E-state index contributed by atoms with van der Waals surface area (Å²) < 4.78 is 23.6. The molecular formula is C18H10Cl8N2O3S. The molecule has 0 bridgehead atoms. The highest BCUT2D eigenvalue weighted by Crippen LogP contribution is 2.58. The summed E-state index contributed by atoms with van der Waals surface area (Å²) in [7, 11) is -4.43. The maximum Gasteiger partial charge on any atom is 0.242 e. The van der Waals surface area contributed by atoms with Crippen LogP contribution in [0.15, 0.2) is 63.5 Å². The number of hydrogen-bond donors (Lipinski definition) is 2. The Morgan fingerprint density at radius 2 is 1.22 bits per heavy atom. The first-order valence-corrected chi connectivity index (χ1v) is 12.9. The number of allylic oxidation sites excluding steroid dienone is 1. The maximum absolute atomic E-state index is 13.3. The molecule has 0 aromatic heterocycles. The van der Waals surface area contributed by atoms with E-state index in [1.165, 1.54) is 48.5 Å². The molecule has 32 heavy (non-hydrogen) atoms. The van der Waals surface area contributed by atoms with Crippen LogP contribution < -0.4 is 10.0 Å². The molecule has 0 saturated heterocycles. The maximum atomic E-state index is 13.3. The van der Waals surface area contributed by atoms with Crippen molar-refractivity contribution in [3.63, 3.8) is 0 Å². The zero-order valence-electron chi connectivity index (χ0n) is 15.3. The Balaban J connectivity index is 2.27. The van der Waals surface area contributed by atoms with Crippen LogP contribution in [-0.2, 0) is 14.8 Å². The lowest BCUT2D eigenvalue weighted by molar-refractivity contribution is -0.116. The Kier molecular flexibility index (Phi) is 7.58. The molecule has 172 valence electrons. The summed E-state index contributed by atoms with van der Waals surface area (Å²) >= 11 is 49.7. The molecule has 0 unspecified atom stereocenters. The van der Waals surface area contributed by atoms with Gasteiger partial charge in [-0.3, -0.25) is 4.79 Å². The zero-order valence-corrected chi connectivity index (χ0v) is 22.1. The molecule has 1 atom stereocenters. The van der Waals surface area contributed by atoms with Crippen LogP contribution in [0.25, 0.3) is 0 Å². The average molecular weight is 618 g/mol. The van der Waals surface area contributed by atoms with Gasteiger partial charge in [-0.2, -0.15) is 4.72 Å². The lowest BCUT2D eigenvalue weighted by Crippen LogP contribution is -2.73. The SMILES string of the molecule is O=C1C(Cl)=C(Cl)[C@](Nc2ccc(Cl)cc2)(NS(=O)(=O)c2ccc(Cl)cc2)C(Cl)(Cl)C1(Cl)Cl. The van der Waals surface area contributed by atoms with Gasteiger partial charge in [-0.05, 0) is 48.5 Å². The molecule has 0 aliphatic heterocycles. The molecule has 0 saturated carbocycles. The van der Waals surface area contributed by atoms with Crippen molar-refractivity contribution in [2.75, 3.05) is 5.32 Å². The number of anilines is 1. The summed E-state index contributed by atoms with van der Waals surface area (Å²) in [6.45, 7) is 0. The Hall–Kier alpha value is -0.120. The van der Waals surface area contributed by atoms with Crippen molar-refractivity contribution in [3.8, 4) is 0 Å². The lowest BCUT2D eigenvalue weighted by Gasteiger charge is -2.50. The van der Waals surface area contributed by atoms with Gasteiger partial charge in [-0.1, -0.05) is 92.8 Å². The third-order valence-corrected chi connectivity index (χ3v) is 9.79. The third-order valence-electron chi connectivity index (χ3n) is 4.46. The van der Waals surface area contributed by atoms with Gasteiger partial charge in [0.25, 0.3) is 0 Å². The van der Waals surface area contributed by atoms with Crippen molar-refractivity contribution in [1.82, 2.24) is 4.72 Å². The van der Waals surface area contributed by atoms with E-state index >= 15 is 0 Å². The Morgan fingerprint density at radius 3 is 1.72 bits per heavy atom. The van der Waals surface area contributed by atoms with Gasteiger partial charge >= 0.3 is 0 Å². The first kappa shape index (κ1) is 26.5. The van der Waals surface area contributed by atoms with Crippen molar-refractivity contribution in [2.45, 2.75) is 19.2 Å². The summed E-state index contributed by atoms with van der Waals surface area (Å²) in [5.41, 5.74) is -2.17. The van der Waals surface area contributed by atoms with E-state index in [0.717, 1.165) is 0 Å². The van der Waals surface area contributed by atoms with Gasteiger partial charge in [-0.25, -0.2) is 8.42 Å².